The second-order valence-corrected chi connectivity index (χ2v) is 7.23. The molecule has 0 atom stereocenters. The van der Waals surface area contributed by atoms with E-state index >= 15 is 0 Å². The number of thiophene rings is 2. The van der Waals surface area contributed by atoms with E-state index < -0.39 is 10.0 Å². The summed E-state index contributed by atoms with van der Waals surface area (Å²) in [4.78, 5) is 0.998. The van der Waals surface area contributed by atoms with Gasteiger partial charge in [-0.2, -0.15) is 11.3 Å². The van der Waals surface area contributed by atoms with E-state index in [4.69, 9.17) is 0 Å². The Hall–Kier alpha value is -0.890. The van der Waals surface area contributed by atoms with Crippen LogP contribution in [0.2, 0.25) is 0 Å². The highest BCUT2D eigenvalue weighted by molar-refractivity contribution is 7.94. The third-order valence-electron chi connectivity index (χ3n) is 2.03. The Morgan fingerprint density at radius 2 is 2.12 bits per heavy atom. The van der Waals surface area contributed by atoms with E-state index in [-0.39, 0.29) is 0 Å². The van der Waals surface area contributed by atoms with Crippen LogP contribution >= 0.6 is 22.7 Å². The van der Waals surface area contributed by atoms with Crippen molar-refractivity contribution in [2.24, 2.45) is 0 Å². The van der Waals surface area contributed by atoms with Gasteiger partial charge in [-0.25, -0.2) is 8.42 Å². The number of hydrogen-bond acceptors (Lipinski definition) is 5. The van der Waals surface area contributed by atoms with E-state index in [1.54, 1.807) is 17.5 Å². The summed E-state index contributed by atoms with van der Waals surface area (Å²) in [5.41, 5.74) is 0.610. The third-order valence-corrected chi connectivity index (χ3v) is 5.67. The summed E-state index contributed by atoms with van der Waals surface area (Å²) in [6.07, 6.45) is 0. The van der Waals surface area contributed by atoms with E-state index in [1.807, 2.05) is 18.5 Å². The van der Waals surface area contributed by atoms with Crippen molar-refractivity contribution in [2.75, 3.05) is 11.8 Å². The fourth-order valence-corrected chi connectivity index (χ4v) is 4.38. The Bertz CT molecular complexity index is 572. The molecule has 4 nitrogen and oxygen atoms in total. The minimum Gasteiger partial charge on any atom is -0.315 e. The average molecular weight is 288 g/mol. The van der Waals surface area contributed by atoms with E-state index in [0.717, 1.165) is 4.88 Å². The first kappa shape index (κ1) is 12.6. The van der Waals surface area contributed by atoms with Gasteiger partial charge in [-0.3, -0.25) is 4.72 Å². The second-order valence-electron chi connectivity index (χ2n) is 3.37. The van der Waals surface area contributed by atoms with Crippen LogP contribution < -0.4 is 10.0 Å². The predicted octanol–water partition coefficient (Wildman–Crippen LogP) is 2.33. The third kappa shape index (κ3) is 3.06. The topological polar surface area (TPSA) is 58.2 Å². The van der Waals surface area contributed by atoms with Crippen molar-refractivity contribution >= 4 is 38.4 Å². The number of nitrogens with one attached hydrogen (secondary N) is 2. The zero-order valence-electron chi connectivity index (χ0n) is 9.14. The van der Waals surface area contributed by atoms with Crippen LogP contribution in [-0.4, -0.2) is 15.5 Å². The fraction of sp³-hybridized carbons (Fsp3) is 0.200. The minimum atomic E-state index is -3.43. The van der Waals surface area contributed by atoms with Crippen LogP contribution in [0.1, 0.15) is 4.88 Å². The highest BCUT2D eigenvalue weighted by Crippen LogP contribution is 2.24. The largest absolute Gasteiger partial charge is 0.315 e. The number of rotatable bonds is 5. The van der Waals surface area contributed by atoms with Gasteiger partial charge in [-0.1, -0.05) is 0 Å². The maximum Gasteiger partial charge on any atom is 0.271 e. The number of sulfonamides is 1. The first-order chi connectivity index (χ1) is 8.12. The molecule has 0 radical (unpaired) electrons. The summed E-state index contributed by atoms with van der Waals surface area (Å²) in [5.74, 6) is 0. The molecule has 0 amide bonds. The Morgan fingerprint density at radius 1 is 1.29 bits per heavy atom. The molecule has 92 valence electrons. The maximum absolute atomic E-state index is 12.0. The number of hydrogen-bond donors (Lipinski definition) is 2. The molecule has 0 fully saturated rings. The Kier molecular flexibility index (Phi) is 3.82. The highest BCUT2D eigenvalue weighted by atomic mass is 32.2. The molecule has 2 aromatic rings. The van der Waals surface area contributed by atoms with Crippen LogP contribution in [0.3, 0.4) is 0 Å². The molecule has 0 unspecified atom stereocenters. The summed E-state index contributed by atoms with van der Waals surface area (Å²) in [6, 6.07) is 5.19. The molecule has 2 N–H and O–H groups in total. The smallest absolute Gasteiger partial charge is 0.271 e. The molecule has 0 aliphatic rings. The van der Waals surface area contributed by atoms with E-state index in [0.29, 0.717) is 16.4 Å². The minimum absolute atomic E-state index is 0.342. The molecule has 0 bridgehead atoms. The van der Waals surface area contributed by atoms with Crippen molar-refractivity contribution < 1.29 is 8.42 Å². The van der Waals surface area contributed by atoms with Crippen LogP contribution in [0.25, 0.3) is 0 Å². The first-order valence-corrected chi connectivity index (χ1v) is 8.14. The Morgan fingerprint density at radius 3 is 2.76 bits per heavy atom. The Balaban J connectivity index is 2.19. The summed E-state index contributed by atoms with van der Waals surface area (Å²) >= 11 is 2.73. The molecule has 0 saturated heterocycles. The lowest BCUT2D eigenvalue weighted by Gasteiger charge is -2.02. The monoisotopic (exact) mass is 288 g/mol. The van der Waals surface area contributed by atoms with Gasteiger partial charge in [0, 0.05) is 16.8 Å². The van der Waals surface area contributed by atoms with Crippen molar-refractivity contribution in [1.82, 2.24) is 5.32 Å². The van der Waals surface area contributed by atoms with Crippen molar-refractivity contribution in [3.05, 3.63) is 33.8 Å². The van der Waals surface area contributed by atoms with Crippen molar-refractivity contribution in [2.45, 2.75) is 10.8 Å². The molecular formula is C10H12N2O2S3. The number of anilines is 1. The maximum atomic E-state index is 12.0. The van der Waals surface area contributed by atoms with Gasteiger partial charge in [-0.05, 0) is 30.6 Å². The van der Waals surface area contributed by atoms with Gasteiger partial charge in [0.2, 0.25) is 0 Å². The molecule has 2 heterocycles. The summed E-state index contributed by atoms with van der Waals surface area (Å²) in [6.45, 7) is 0.679. The summed E-state index contributed by atoms with van der Waals surface area (Å²) in [5, 5.41) is 6.59. The Labute approximate surface area is 108 Å². The van der Waals surface area contributed by atoms with Gasteiger partial charge in [0.25, 0.3) is 10.0 Å². The highest BCUT2D eigenvalue weighted by Gasteiger charge is 2.16. The zero-order chi connectivity index (χ0) is 12.3. The van der Waals surface area contributed by atoms with Crippen LogP contribution in [0.15, 0.2) is 33.2 Å². The molecule has 17 heavy (non-hydrogen) atoms. The van der Waals surface area contributed by atoms with Crippen LogP contribution in [0, 0.1) is 0 Å². The van der Waals surface area contributed by atoms with Gasteiger partial charge < -0.3 is 5.32 Å². The normalized spacial score (nSPS) is 11.6. The molecule has 2 rings (SSSR count). The van der Waals surface area contributed by atoms with E-state index in [2.05, 4.69) is 10.0 Å². The lowest BCUT2D eigenvalue weighted by Crippen LogP contribution is -2.10. The van der Waals surface area contributed by atoms with Gasteiger partial charge >= 0.3 is 0 Å². The summed E-state index contributed by atoms with van der Waals surface area (Å²) in [7, 11) is -1.60. The van der Waals surface area contributed by atoms with Gasteiger partial charge in [0.05, 0.1) is 5.69 Å². The predicted molar refractivity (Wildman–Crippen MR) is 72.2 cm³/mol. The van der Waals surface area contributed by atoms with Crippen LogP contribution in [0.5, 0.6) is 0 Å². The van der Waals surface area contributed by atoms with Gasteiger partial charge in [0.1, 0.15) is 4.21 Å². The molecule has 0 spiro atoms. The van der Waals surface area contributed by atoms with Gasteiger partial charge in [0.15, 0.2) is 0 Å². The molecule has 2 aromatic heterocycles. The SMILES string of the molecule is CNCc1ccc(S(=O)(=O)Nc2ccsc2)s1. The molecule has 0 saturated carbocycles. The standard InChI is InChI=1S/C10H12N2O2S3/c1-11-6-9-2-3-10(16-9)17(13,14)12-8-4-5-15-7-8/h2-5,7,11-12H,6H2,1H3. The van der Waals surface area contributed by atoms with Crippen LogP contribution in [0.4, 0.5) is 5.69 Å². The average Bonchev–Trinajstić information content (AvgIpc) is 2.88. The zero-order valence-corrected chi connectivity index (χ0v) is 11.6. The quantitative estimate of drug-likeness (QED) is 0.888. The molecule has 0 aliphatic heterocycles. The fourth-order valence-electron chi connectivity index (χ4n) is 1.30. The molecule has 0 aliphatic carbocycles. The molecule has 0 aromatic carbocycles. The van der Waals surface area contributed by atoms with E-state index in [1.165, 1.54) is 22.7 Å². The van der Waals surface area contributed by atoms with Crippen molar-refractivity contribution in [1.29, 1.82) is 0 Å². The summed E-state index contributed by atoms with van der Waals surface area (Å²) < 4.78 is 26.9. The van der Waals surface area contributed by atoms with Crippen molar-refractivity contribution in [3.8, 4) is 0 Å². The lowest BCUT2D eigenvalue weighted by molar-refractivity contribution is 0.603. The second kappa shape index (κ2) is 5.18. The molecular weight excluding hydrogens is 276 g/mol. The lowest BCUT2D eigenvalue weighted by atomic mass is 10.5. The van der Waals surface area contributed by atoms with Crippen LogP contribution in [-0.2, 0) is 16.6 Å². The van der Waals surface area contributed by atoms with Crippen molar-refractivity contribution in [3.63, 3.8) is 0 Å². The first-order valence-electron chi connectivity index (χ1n) is 4.90. The van der Waals surface area contributed by atoms with E-state index in [9.17, 15) is 8.42 Å². The molecule has 7 heteroatoms. The van der Waals surface area contributed by atoms with Gasteiger partial charge in [-0.15, -0.1) is 11.3 Å².